The maximum atomic E-state index is 2.41. The zero-order valence-corrected chi connectivity index (χ0v) is 15.6. The van der Waals surface area contributed by atoms with E-state index in [2.05, 4.69) is 93.1 Å². The van der Waals surface area contributed by atoms with E-state index < -0.39 is 0 Å². The highest BCUT2D eigenvalue weighted by molar-refractivity contribution is 5.92. The quantitative estimate of drug-likeness (QED) is 0.457. The molecule has 0 fully saturated rings. The number of benzene rings is 3. The highest BCUT2D eigenvalue weighted by Crippen LogP contribution is 2.42. The second-order valence-electron chi connectivity index (χ2n) is 6.98. The molecule has 0 nitrogen and oxygen atoms in total. The summed E-state index contributed by atoms with van der Waals surface area (Å²) < 4.78 is 0. The van der Waals surface area contributed by atoms with E-state index in [1.165, 1.54) is 50.9 Å². The van der Waals surface area contributed by atoms with Gasteiger partial charge in [0.2, 0.25) is 0 Å². The molecule has 0 unspecified atom stereocenters. The minimum atomic E-state index is 1.04. The predicted molar refractivity (Wildman–Crippen MR) is 113 cm³/mol. The fourth-order valence-electron chi connectivity index (χ4n) is 4.01. The molecule has 0 heterocycles. The third-order valence-corrected chi connectivity index (χ3v) is 5.24. The maximum Gasteiger partial charge on any atom is 0.0164 e. The topological polar surface area (TPSA) is 0 Å². The van der Waals surface area contributed by atoms with Crippen LogP contribution in [0.15, 0.2) is 72.3 Å². The second-order valence-corrected chi connectivity index (χ2v) is 6.98. The fourth-order valence-corrected chi connectivity index (χ4v) is 4.01. The number of hydrogen-bond acceptors (Lipinski definition) is 0. The van der Waals surface area contributed by atoms with Crippen molar-refractivity contribution in [2.45, 2.75) is 33.1 Å². The SMILES string of the molecule is CCCC1=Cc2c(ccc(CC)c2-c2ccccc2-c2ccccc2)[CH]1. The lowest BCUT2D eigenvalue weighted by molar-refractivity contribution is 0.924. The molecule has 0 atom stereocenters. The molecule has 0 saturated heterocycles. The van der Waals surface area contributed by atoms with Crippen LogP contribution in [-0.4, -0.2) is 0 Å². The molecule has 0 spiro atoms. The van der Waals surface area contributed by atoms with Crippen LogP contribution in [0.5, 0.6) is 0 Å². The number of aryl methyl sites for hydroxylation is 1. The van der Waals surface area contributed by atoms with E-state index in [0.717, 1.165) is 12.8 Å². The van der Waals surface area contributed by atoms with Gasteiger partial charge in [0.15, 0.2) is 0 Å². The first kappa shape index (κ1) is 16.8. The third kappa shape index (κ3) is 3.01. The summed E-state index contributed by atoms with van der Waals surface area (Å²) in [7, 11) is 0. The molecule has 0 heteroatoms. The Morgan fingerprint density at radius 1 is 0.731 bits per heavy atom. The molecule has 0 N–H and O–H groups in total. The average Bonchev–Trinajstić information content (AvgIpc) is 3.10. The lowest BCUT2D eigenvalue weighted by Crippen LogP contribution is -1.95. The first-order chi connectivity index (χ1) is 12.8. The van der Waals surface area contributed by atoms with Gasteiger partial charge in [-0.3, -0.25) is 0 Å². The van der Waals surface area contributed by atoms with Crippen molar-refractivity contribution < 1.29 is 0 Å². The summed E-state index contributed by atoms with van der Waals surface area (Å²) in [5, 5.41) is 0. The number of fused-ring (bicyclic) bond motifs is 1. The van der Waals surface area contributed by atoms with Crippen LogP contribution < -0.4 is 0 Å². The van der Waals surface area contributed by atoms with E-state index in [0.29, 0.717) is 0 Å². The molecule has 129 valence electrons. The van der Waals surface area contributed by atoms with Gasteiger partial charge in [-0.2, -0.15) is 0 Å². The van der Waals surface area contributed by atoms with Crippen molar-refractivity contribution in [1.82, 2.24) is 0 Å². The summed E-state index contributed by atoms with van der Waals surface area (Å²) in [5.74, 6) is 0. The Kier molecular flexibility index (Phi) is 4.75. The lowest BCUT2D eigenvalue weighted by atomic mass is 9.87. The number of rotatable bonds is 5. The average molecular weight is 337 g/mol. The highest BCUT2D eigenvalue weighted by atomic mass is 14.2. The van der Waals surface area contributed by atoms with Crippen LogP contribution in [0.1, 0.15) is 43.4 Å². The Balaban J connectivity index is 1.94. The van der Waals surface area contributed by atoms with Crippen LogP contribution in [0.2, 0.25) is 0 Å². The molecule has 0 saturated carbocycles. The van der Waals surface area contributed by atoms with Gasteiger partial charge in [-0.05, 0) is 51.8 Å². The van der Waals surface area contributed by atoms with Crippen molar-refractivity contribution in [2.75, 3.05) is 0 Å². The van der Waals surface area contributed by atoms with Crippen LogP contribution >= 0.6 is 0 Å². The Hall–Kier alpha value is -2.60. The number of allylic oxidation sites excluding steroid dienone is 1. The van der Waals surface area contributed by atoms with Crippen molar-refractivity contribution in [3.8, 4) is 22.3 Å². The summed E-state index contributed by atoms with van der Waals surface area (Å²) in [6.45, 7) is 4.51. The molecule has 1 radical (unpaired) electrons. The van der Waals surface area contributed by atoms with Gasteiger partial charge < -0.3 is 0 Å². The van der Waals surface area contributed by atoms with Gasteiger partial charge in [0, 0.05) is 6.42 Å². The van der Waals surface area contributed by atoms with Gasteiger partial charge in [0.1, 0.15) is 0 Å². The van der Waals surface area contributed by atoms with E-state index in [1.807, 2.05) is 0 Å². The Morgan fingerprint density at radius 3 is 2.19 bits per heavy atom. The number of hydrogen-bond donors (Lipinski definition) is 0. The van der Waals surface area contributed by atoms with Crippen molar-refractivity contribution in [3.63, 3.8) is 0 Å². The molecule has 4 rings (SSSR count). The van der Waals surface area contributed by atoms with E-state index in [-0.39, 0.29) is 0 Å². The zero-order valence-electron chi connectivity index (χ0n) is 15.6. The normalized spacial score (nSPS) is 12.8. The Labute approximate surface area is 157 Å². The van der Waals surface area contributed by atoms with Gasteiger partial charge in [-0.1, -0.05) is 98.6 Å². The summed E-state index contributed by atoms with van der Waals surface area (Å²) >= 11 is 0. The van der Waals surface area contributed by atoms with Crippen LogP contribution in [0.3, 0.4) is 0 Å². The first-order valence-corrected chi connectivity index (χ1v) is 9.67. The molecule has 3 aromatic carbocycles. The van der Waals surface area contributed by atoms with Gasteiger partial charge in [-0.15, -0.1) is 0 Å². The van der Waals surface area contributed by atoms with Crippen LogP contribution in [0.25, 0.3) is 28.3 Å². The minimum Gasteiger partial charge on any atom is -0.0651 e. The van der Waals surface area contributed by atoms with Gasteiger partial charge in [-0.25, -0.2) is 0 Å². The standard InChI is InChI=1S/C26H25/c1-3-10-19-17-22-16-15-20(4-2)26(25(22)18-19)24-14-9-8-13-23(24)21-11-6-5-7-12-21/h5-9,11-18H,3-4,10H2,1-2H3. The molecule has 1 aliphatic carbocycles. The van der Waals surface area contributed by atoms with E-state index >= 15 is 0 Å². The molecule has 0 amide bonds. The van der Waals surface area contributed by atoms with Crippen molar-refractivity contribution >= 4 is 6.08 Å². The van der Waals surface area contributed by atoms with Crippen molar-refractivity contribution in [2.24, 2.45) is 0 Å². The van der Waals surface area contributed by atoms with Gasteiger partial charge >= 0.3 is 0 Å². The van der Waals surface area contributed by atoms with Crippen LogP contribution in [0.4, 0.5) is 0 Å². The Bertz CT molecular complexity index is 945. The summed E-state index contributed by atoms with van der Waals surface area (Å²) in [4.78, 5) is 0. The second kappa shape index (κ2) is 7.33. The largest absolute Gasteiger partial charge is 0.0651 e. The fraction of sp³-hybridized carbons (Fsp3) is 0.192. The van der Waals surface area contributed by atoms with E-state index in [1.54, 1.807) is 0 Å². The highest BCUT2D eigenvalue weighted by Gasteiger charge is 2.20. The van der Waals surface area contributed by atoms with Crippen LogP contribution in [-0.2, 0) is 6.42 Å². The zero-order chi connectivity index (χ0) is 17.9. The predicted octanol–water partition coefficient (Wildman–Crippen LogP) is 7.33. The smallest absolute Gasteiger partial charge is 0.0164 e. The third-order valence-electron chi connectivity index (χ3n) is 5.24. The Morgan fingerprint density at radius 2 is 1.46 bits per heavy atom. The molecular formula is C26H25. The summed E-state index contributed by atoms with van der Waals surface area (Å²) in [5.41, 5.74) is 11.0. The van der Waals surface area contributed by atoms with Crippen LogP contribution in [0, 0.1) is 6.42 Å². The molecule has 1 aliphatic rings. The van der Waals surface area contributed by atoms with Crippen molar-refractivity contribution in [1.29, 1.82) is 0 Å². The van der Waals surface area contributed by atoms with E-state index in [4.69, 9.17) is 0 Å². The summed E-state index contributed by atoms with van der Waals surface area (Å²) in [6.07, 6.45) is 8.16. The van der Waals surface area contributed by atoms with Gasteiger partial charge in [0.05, 0.1) is 0 Å². The minimum absolute atomic E-state index is 1.04. The molecule has 3 aromatic rings. The van der Waals surface area contributed by atoms with E-state index in [9.17, 15) is 0 Å². The summed E-state index contributed by atoms with van der Waals surface area (Å²) in [6, 6.07) is 24.2. The monoisotopic (exact) mass is 337 g/mol. The van der Waals surface area contributed by atoms with Crippen molar-refractivity contribution in [3.05, 3.63) is 95.4 Å². The first-order valence-electron chi connectivity index (χ1n) is 9.67. The van der Waals surface area contributed by atoms with Gasteiger partial charge in [0.25, 0.3) is 0 Å². The molecule has 26 heavy (non-hydrogen) atoms. The molecular weight excluding hydrogens is 312 g/mol. The maximum absolute atomic E-state index is 2.41. The molecule has 0 aliphatic heterocycles. The molecule has 0 aromatic heterocycles. The molecule has 0 bridgehead atoms. The lowest BCUT2D eigenvalue weighted by Gasteiger charge is -2.17.